The molecule has 0 amide bonds. The van der Waals surface area contributed by atoms with Gasteiger partial charge in [-0.05, 0) is 31.0 Å². The molecule has 0 atom stereocenters. The normalized spacial score (nSPS) is 12.3. The molecule has 3 nitrogen and oxygen atoms in total. The second-order valence-corrected chi connectivity index (χ2v) is 7.85. The van der Waals surface area contributed by atoms with Gasteiger partial charge < -0.3 is 0 Å². The number of nitrogens with zero attached hydrogens (tertiary/aromatic N) is 1. The van der Waals surface area contributed by atoms with Crippen molar-refractivity contribution in [2.24, 2.45) is 0 Å². The van der Waals surface area contributed by atoms with Crippen molar-refractivity contribution in [1.82, 2.24) is 4.31 Å². The van der Waals surface area contributed by atoms with E-state index in [1.165, 1.54) is 16.4 Å². The van der Waals surface area contributed by atoms with Gasteiger partial charge in [-0.1, -0.05) is 53.0 Å². The van der Waals surface area contributed by atoms with E-state index in [4.69, 9.17) is 23.2 Å². The molecule has 0 heterocycles. The van der Waals surface area contributed by atoms with Crippen LogP contribution in [-0.4, -0.2) is 30.6 Å². The van der Waals surface area contributed by atoms with Crippen molar-refractivity contribution >= 4 is 49.2 Å². The molecule has 1 aromatic rings. The highest BCUT2D eigenvalue weighted by Crippen LogP contribution is 2.29. The minimum atomic E-state index is -3.65. The lowest BCUT2D eigenvalue weighted by atomic mass is 10.2. The Morgan fingerprint density at radius 2 is 1.85 bits per heavy atom. The number of sulfonamides is 1. The number of alkyl halides is 1. The number of rotatable bonds is 7. The van der Waals surface area contributed by atoms with E-state index in [0.29, 0.717) is 16.9 Å². The standard InChI is InChI=1S/C13H18BrCl2NO2S/c1-3-11(4-2)17(8-7-14)20(18,19)13-9-10(15)5-6-12(13)16/h5-6,9,11H,3-4,7-8H2,1-2H3. The first kappa shape index (κ1) is 18.2. The fourth-order valence-electron chi connectivity index (χ4n) is 2.08. The Morgan fingerprint density at radius 3 is 2.35 bits per heavy atom. The van der Waals surface area contributed by atoms with E-state index in [1.54, 1.807) is 6.07 Å². The highest BCUT2D eigenvalue weighted by molar-refractivity contribution is 9.09. The Morgan fingerprint density at radius 1 is 1.25 bits per heavy atom. The molecule has 0 aliphatic carbocycles. The first-order chi connectivity index (χ1) is 9.38. The van der Waals surface area contributed by atoms with Gasteiger partial charge in [0.15, 0.2) is 0 Å². The maximum Gasteiger partial charge on any atom is 0.244 e. The van der Waals surface area contributed by atoms with E-state index in [-0.39, 0.29) is 16.0 Å². The molecule has 0 saturated carbocycles. The van der Waals surface area contributed by atoms with Gasteiger partial charge in [-0.25, -0.2) is 8.42 Å². The highest BCUT2D eigenvalue weighted by Gasteiger charge is 2.31. The van der Waals surface area contributed by atoms with Crippen molar-refractivity contribution in [3.63, 3.8) is 0 Å². The molecule has 0 fully saturated rings. The molecule has 1 rings (SSSR count). The third-order valence-electron chi connectivity index (χ3n) is 3.13. The molecule has 7 heteroatoms. The molecule has 0 saturated heterocycles. The lowest BCUT2D eigenvalue weighted by Gasteiger charge is -2.29. The summed E-state index contributed by atoms with van der Waals surface area (Å²) in [6.07, 6.45) is 1.50. The van der Waals surface area contributed by atoms with Crippen molar-refractivity contribution in [3.05, 3.63) is 28.2 Å². The van der Waals surface area contributed by atoms with Gasteiger partial charge in [0.1, 0.15) is 4.90 Å². The quantitative estimate of drug-likeness (QED) is 0.626. The van der Waals surface area contributed by atoms with E-state index in [0.717, 1.165) is 12.8 Å². The third-order valence-corrected chi connectivity index (χ3v) is 6.16. The van der Waals surface area contributed by atoms with Crippen molar-refractivity contribution in [1.29, 1.82) is 0 Å². The van der Waals surface area contributed by atoms with Gasteiger partial charge in [0, 0.05) is 22.9 Å². The second kappa shape index (κ2) is 7.99. The Hall–Kier alpha value is 0.190. The van der Waals surface area contributed by atoms with Crippen LogP contribution >= 0.6 is 39.1 Å². The first-order valence-electron chi connectivity index (χ1n) is 6.41. The van der Waals surface area contributed by atoms with Crippen LogP contribution in [-0.2, 0) is 10.0 Å². The summed E-state index contributed by atoms with van der Waals surface area (Å²) in [5.41, 5.74) is 0. The Bertz CT molecular complexity index is 547. The third kappa shape index (κ3) is 4.10. The average Bonchev–Trinajstić information content (AvgIpc) is 2.41. The SMILES string of the molecule is CCC(CC)N(CCBr)S(=O)(=O)c1cc(Cl)ccc1Cl. The zero-order chi connectivity index (χ0) is 15.3. The molecule has 0 radical (unpaired) electrons. The summed E-state index contributed by atoms with van der Waals surface area (Å²) in [5.74, 6) is 0. The molecule has 114 valence electrons. The fraction of sp³-hybridized carbons (Fsp3) is 0.538. The smallest absolute Gasteiger partial charge is 0.207 e. The van der Waals surface area contributed by atoms with Crippen LogP contribution in [0.5, 0.6) is 0 Å². The van der Waals surface area contributed by atoms with Gasteiger partial charge in [-0.15, -0.1) is 0 Å². The molecule has 0 aliphatic heterocycles. The molecule has 0 aromatic heterocycles. The molecule has 0 bridgehead atoms. The van der Waals surface area contributed by atoms with Gasteiger partial charge in [-0.3, -0.25) is 0 Å². The predicted molar refractivity (Wildman–Crippen MR) is 88.5 cm³/mol. The zero-order valence-electron chi connectivity index (χ0n) is 11.4. The van der Waals surface area contributed by atoms with E-state index in [2.05, 4.69) is 15.9 Å². The summed E-state index contributed by atoms with van der Waals surface area (Å²) in [6.45, 7) is 4.35. The summed E-state index contributed by atoms with van der Waals surface area (Å²) in [7, 11) is -3.65. The van der Waals surface area contributed by atoms with Crippen molar-refractivity contribution < 1.29 is 8.42 Å². The van der Waals surface area contributed by atoms with Crippen LogP contribution < -0.4 is 0 Å². The van der Waals surface area contributed by atoms with Crippen LogP contribution in [0.25, 0.3) is 0 Å². The monoisotopic (exact) mass is 401 g/mol. The maximum absolute atomic E-state index is 12.8. The first-order valence-corrected chi connectivity index (χ1v) is 9.73. The van der Waals surface area contributed by atoms with E-state index >= 15 is 0 Å². The number of benzene rings is 1. The fourth-order valence-corrected chi connectivity index (χ4v) is 5.21. The van der Waals surface area contributed by atoms with Crippen LogP contribution in [0.3, 0.4) is 0 Å². The van der Waals surface area contributed by atoms with Gasteiger partial charge in [0.05, 0.1) is 5.02 Å². The lowest BCUT2D eigenvalue weighted by molar-refractivity contribution is 0.317. The Labute approximate surface area is 139 Å². The molecule has 20 heavy (non-hydrogen) atoms. The summed E-state index contributed by atoms with van der Waals surface area (Å²) in [5, 5.41) is 1.12. The topological polar surface area (TPSA) is 37.4 Å². The Balaban J connectivity index is 3.32. The molecule has 0 spiro atoms. The molecular weight excluding hydrogens is 385 g/mol. The zero-order valence-corrected chi connectivity index (χ0v) is 15.4. The van der Waals surface area contributed by atoms with Gasteiger partial charge >= 0.3 is 0 Å². The number of hydrogen-bond donors (Lipinski definition) is 0. The Kier molecular flexibility index (Phi) is 7.29. The molecular formula is C13H18BrCl2NO2S. The van der Waals surface area contributed by atoms with E-state index in [9.17, 15) is 8.42 Å². The largest absolute Gasteiger partial charge is 0.244 e. The van der Waals surface area contributed by atoms with Crippen LogP contribution in [0, 0.1) is 0 Å². The van der Waals surface area contributed by atoms with Gasteiger partial charge in [-0.2, -0.15) is 4.31 Å². The van der Waals surface area contributed by atoms with Crippen LogP contribution in [0.1, 0.15) is 26.7 Å². The minimum Gasteiger partial charge on any atom is -0.207 e. The minimum absolute atomic E-state index is 0.0485. The van der Waals surface area contributed by atoms with Crippen LogP contribution in [0.4, 0.5) is 0 Å². The molecule has 1 aromatic carbocycles. The van der Waals surface area contributed by atoms with Crippen molar-refractivity contribution in [3.8, 4) is 0 Å². The number of hydrogen-bond acceptors (Lipinski definition) is 2. The number of halogens is 3. The van der Waals surface area contributed by atoms with Crippen LogP contribution in [0.15, 0.2) is 23.1 Å². The molecule has 0 aliphatic rings. The molecule has 0 N–H and O–H groups in total. The van der Waals surface area contributed by atoms with Gasteiger partial charge in [0.25, 0.3) is 0 Å². The summed E-state index contributed by atoms with van der Waals surface area (Å²) in [6, 6.07) is 4.45. The van der Waals surface area contributed by atoms with Crippen molar-refractivity contribution in [2.75, 3.05) is 11.9 Å². The molecule has 0 unspecified atom stereocenters. The van der Waals surface area contributed by atoms with Crippen LogP contribution in [0.2, 0.25) is 10.0 Å². The lowest BCUT2D eigenvalue weighted by Crippen LogP contribution is -2.41. The second-order valence-electron chi connectivity index (χ2n) is 4.35. The van der Waals surface area contributed by atoms with Crippen molar-refractivity contribution in [2.45, 2.75) is 37.6 Å². The van der Waals surface area contributed by atoms with E-state index in [1.807, 2.05) is 13.8 Å². The summed E-state index contributed by atoms with van der Waals surface area (Å²) < 4.78 is 27.1. The average molecular weight is 403 g/mol. The summed E-state index contributed by atoms with van der Waals surface area (Å²) >= 11 is 15.3. The maximum atomic E-state index is 12.8. The van der Waals surface area contributed by atoms with E-state index < -0.39 is 10.0 Å². The predicted octanol–water partition coefficient (Wildman–Crippen LogP) is 4.57. The summed E-state index contributed by atoms with van der Waals surface area (Å²) in [4.78, 5) is 0.0690. The highest BCUT2D eigenvalue weighted by atomic mass is 79.9. The van der Waals surface area contributed by atoms with Gasteiger partial charge in [0.2, 0.25) is 10.0 Å².